The SMILES string of the molecule is CCCN(c1cccn1C)S(=O)(=O)c1ccccc1Sc1ccccc1. The Morgan fingerprint density at radius 3 is 2.31 bits per heavy atom. The van der Waals surface area contributed by atoms with Crippen molar-refractivity contribution in [3.8, 4) is 0 Å². The van der Waals surface area contributed by atoms with Crippen LogP contribution in [-0.4, -0.2) is 19.5 Å². The van der Waals surface area contributed by atoms with Crippen LogP contribution in [0.5, 0.6) is 0 Å². The summed E-state index contributed by atoms with van der Waals surface area (Å²) in [4.78, 5) is 2.08. The first-order valence-corrected chi connectivity index (χ1v) is 10.8. The van der Waals surface area contributed by atoms with Crippen LogP contribution in [0.3, 0.4) is 0 Å². The number of hydrogen-bond acceptors (Lipinski definition) is 3. The molecule has 0 amide bonds. The lowest BCUT2D eigenvalue weighted by Crippen LogP contribution is -2.33. The summed E-state index contributed by atoms with van der Waals surface area (Å²) < 4.78 is 30.3. The molecule has 4 nitrogen and oxygen atoms in total. The van der Waals surface area contributed by atoms with Gasteiger partial charge in [0, 0.05) is 29.6 Å². The number of aromatic nitrogens is 1. The van der Waals surface area contributed by atoms with Gasteiger partial charge in [0.1, 0.15) is 10.7 Å². The van der Waals surface area contributed by atoms with E-state index in [-0.39, 0.29) is 0 Å². The molecule has 0 spiro atoms. The summed E-state index contributed by atoms with van der Waals surface area (Å²) in [6.45, 7) is 2.42. The Bertz CT molecular complexity index is 966. The van der Waals surface area contributed by atoms with E-state index in [1.807, 2.05) is 79.3 Å². The van der Waals surface area contributed by atoms with Crippen LogP contribution in [0.1, 0.15) is 13.3 Å². The van der Waals surface area contributed by atoms with E-state index in [1.54, 1.807) is 12.1 Å². The van der Waals surface area contributed by atoms with Gasteiger partial charge in [0.15, 0.2) is 0 Å². The quantitative estimate of drug-likeness (QED) is 0.587. The molecule has 0 radical (unpaired) electrons. The predicted molar refractivity (Wildman–Crippen MR) is 107 cm³/mol. The molecule has 3 rings (SSSR count). The van der Waals surface area contributed by atoms with Crippen LogP contribution in [0.25, 0.3) is 0 Å². The first-order chi connectivity index (χ1) is 12.5. The maximum atomic E-state index is 13.5. The van der Waals surface area contributed by atoms with E-state index in [1.165, 1.54) is 16.1 Å². The Hall–Kier alpha value is -2.18. The average molecular weight is 387 g/mol. The second-order valence-corrected chi connectivity index (χ2v) is 8.86. The second kappa shape index (κ2) is 8.01. The third-order valence-corrected chi connectivity index (χ3v) is 7.06. The van der Waals surface area contributed by atoms with Crippen LogP contribution in [-0.2, 0) is 17.1 Å². The van der Waals surface area contributed by atoms with Gasteiger partial charge in [0.25, 0.3) is 10.0 Å². The molecule has 1 heterocycles. The molecule has 1 aromatic heterocycles. The number of rotatable bonds is 7. The Balaban J connectivity index is 2.05. The number of aryl methyl sites for hydroxylation is 1. The maximum absolute atomic E-state index is 13.5. The molecule has 2 aromatic carbocycles. The third-order valence-electron chi connectivity index (χ3n) is 3.99. The molecule has 0 saturated carbocycles. The summed E-state index contributed by atoms with van der Waals surface area (Å²) in [6, 6.07) is 20.7. The van der Waals surface area contributed by atoms with Crippen molar-refractivity contribution in [1.29, 1.82) is 0 Å². The smallest absolute Gasteiger partial charge is 0.266 e. The van der Waals surface area contributed by atoms with Crippen LogP contribution in [0.15, 0.2) is 87.6 Å². The highest BCUT2D eigenvalue weighted by Gasteiger charge is 2.28. The van der Waals surface area contributed by atoms with Gasteiger partial charge in [-0.2, -0.15) is 0 Å². The highest BCUT2D eigenvalue weighted by atomic mass is 32.2. The molecule has 0 atom stereocenters. The zero-order chi connectivity index (χ0) is 18.6. The van der Waals surface area contributed by atoms with E-state index in [9.17, 15) is 8.42 Å². The van der Waals surface area contributed by atoms with Gasteiger partial charge in [-0.1, -0.05) is 49.0 Å². The Morgan fingerprint density at radius 2 is 1.65 bits per heavy atom. The second-order valence-electron chi connectivity index (χ2n) is 5.92. The van der Waals surface area contributed by atoms with Crippen LogP contribution in [0, 0.1) is 0 Å². The lowest BCUT2D eigenvalue weighted by molar-refractivity contribution is 0.586. The van der Waals surface area contributed by atoms with Crippen LogP contribution < -0.4 is 4.31 Å². The normalized spacial score (nSPS) is 11.5. The van der Waals surface area contributed by atoms with E-state index < -0.39 is 10.0 Å². The van der Waals surface area contributed by atoms with Crippen molar-refractivity contribution in [3.63, 3.8) is 0 Å². The molecule has 0 aliphatic heterocycles. The van der Waals surface area contributed by atoms with Crippen molar-refractivity contribution in [2.24, 2.45) is 7.05 Å². The maximum Gasteiger partial charge on any atom is 0.266 e. The summed E-state index contributed by atoms with van der Waals surface area (Å²) in [5.41, 5.74) is 0. The third kappa shape index (κ3) is 3.81. The Morgan fingerprint density at radius 1 is 0.962 bits per heavy atom. The molecule has 0 aliphatic carbocycles. The highest BCUT2D eigenvalue weighted by molar-refractivity contribution is 8.00. The van der Waals surface area contributed by atoms with Crippen molar-refractivity contribution in [2.45, 2.75) is 28.0 Å². The van der Waals surface area contributed by atoms with E-state index >= 15 is 0 Å². The van der Waals surface area contributed by atoms with Crippen molar-refractivity contribution in [3.05, 3.63) is 72.9 Å². The van der Waals surface area contributed by atoms with Gasteiger partial charge in [-0.15, -0.1) is 0 Å². The minimum Gasteiger partial charge on any atom is -0.337 e. The molecule has 3 aromatic rings. The summed E-state index contributed by atoms with van der Waals surface area (Å²) in [7, 11) is -1.81. The first-order valence-electron chi connectivity index (χ1n) is 8.50. The molecule has 0 N–H and O–H groups in total. The van der Waals surface area contributed by atoms with Crippen molar-refractivity contribution in [2.75, 3.05) is 10.8 Å². The molecule has 6 heteroatoms. The van der Waals surface area contributed by atoms with Crippen molar-refractivity contribution in [1.82, 2.24) is 4.57 Å². The number of benzene rings is 2. The molecule has 26 heavy (non-hydrogen) atoms. The monoisotopic (exact) mass is 386 g/mol. The van der Waals surface area contributed by atoms with Gasteiger partial charge in [-0.3, -0.25) is 4.31 Å². The predicted octanol–water partition coefficient (Wildman–Crippen LogP) is 4.78. The molecule has 136 valence electrons. The topological polar surface area (TPSA) is 42.3 Å². The largest absolute Gasteiger partial charge is 0.337 e. The number of sulfonamides is 1. The Labute approximate surface area is 159 Å². The fraction of sp³-hybridized carbons (Fsp3) is 0.200. The molecular formula is C20H22N2O2S2. The molecule has 0 fully saturated rings. The molecule has 0 bridgehead atoms. The van der Waals surface area contributed by atoms with Crippen molar-refractivity contribution < 1.29 is 8.42 Å². The summed E-state index contributed by atoms with van der Waals surface area (Å²) in [5, 5.41) is 0. The highest BCUT2D eigenvalue weighted by Crippen LogP contribution is 2.35. The fourth-order valence-electron chi connectivity index (χ4n) is 2.75. The molecule has 0 aliphatic rings. The zero-order valence-corrected chi connectivity index (χ0v) is 16.5. The number of nitrogens with zero attached hydrogens (tertiary/aromatic N) is 2. The summed E-state index contributed by atoms with van der Waals surface area (Å²) >= 11 is 1.47. The minimum atomic E-state index is -3.67. The van der Waals surface area contributed by atoms with E-state index in [4.69, 9.17) is 0 Å². The van der Waals surface area contributed by atoms with Crippen LogP contribution in [0.4, 0.5) is 5.82 Å². The van der Waals surface area contributed by atoms with E-state index in [0.717, 1.165) is 16.2 Å². The number of anilines is 1. The van der Waals surface area contributed by atoms with Crippen molar-refractivity contribution >= 4 is 27.6 Å². The lowest BCUT2D eigenvalue weighted by Gasteiger charge is -2.25. The molecule has 0 unspecified atom stereocenters. The standard InChI is InChI=1S/C20H22N2O2S2/c1-3-15-22(20-14-9-16-21(20)2)26(23,24)19-13-8-7-12-18(19)25-17-10-5-4-6-11-17/h4-14,16H,3,15H2,1-2H3. The average Bonchev–Trinajstić information content (AvgIpc) is 3.06. The van der Waals surface area contributed by atoms with E-state index in [0.29, 0.717) is 17.3 Å². The van der Waals surface area contributed by atoms with Crippen LogP contribution >= 0.6 is 11.8 Å². The lowest BCUT2D eigenvalue weighted by atomic mass is 10.4. The zero-order valence-electron chi connectivity index (χ0n) is 14.9. The number of hydrogen-bond donors (Lipinski definition) is 0. The van der Waals surface area contributed by atoms with Gasteiger partial charge in [-0.05, 0) is 42.8 Å². The van der Waals surface area contributed by atoms with E-state index in [2.05, 4.69) is 0 Å². The first kappa shape index (κ1) is 18.6. The van der Waals surface area contributed by atoms with Gasteiger partial charge >= 0.3 is 0 Å². The summed E-state index contributed by atoms with van der Waals surface area (Å²) in [5.74, 6) is 0.673. The summed E-state index contributed by atoms with van der Waals surface area (Å²) in [6.07, 6.45) is 2.59. The fourth-order valence-corrected chi connectivity index (χ4v) is 5.73. The van der Waals surface area contributed by atoms with Crippen LogP contribution in [0.2, 0.25) is 0 Å². The van der Waals surface area contributed by atoms with Gasteiger partial charge in [0.05, 0.1) is 0 Å². The minimum absolute atomic E-state index is 0.337. The van der Waals surface area contributed by atoms with Gasteiger partial charge < -0.3 is 4.57 Å². The molecular weight excluding hydrogens is 364 g/mol. The van der Waals surface area contributed by atoms with Gasteiger partial charge in [0.2, 0.25) is 0 Å². The Kier molecular flexibility index (Phi) is 5.74. The van der Waals surface area contributed by atoms with Gasteiger partial charge in [-0.25, -0.2) is 8.42 Å². The molecule has 0 saturated heterocycles.